The van der Waals surface area contributed by atoms with Gasteiger partial charge in [0, 0.05) is 36.1 Å². The Bertz CT molecular complexity index is 927. The number of aryl methyl sites for hydroxylation is 1. The molecule has 2 heterocycles. The molecular weight excluding hydrogens is 342 g/mol. The third kappa shape index (κ3) is 4.58. The van der Waals surface area contributed by atoms with Gasteiger partial charge in [-0.05, 0) is 50.2 Å². The van der Waals surface area contributed by atoms with Gasteiger partial charge in [0.15, 0.2) is 5.82 Å². The minimum atomic E-state index is -0.193. The van der Waals surface area contributed by atoms with Gasteiger partial charge in [-0.25, -0.2) is 9.97 Å². The lowest BCUT2D eigenvalue weighted by Crippen LogP contribution is -2.29. The number of anilines is 1. The maximum absolute atomic E-state index is 12.1. The Morgan fingerprint density at radius 3 is 2.52 bits per heavy atom. The molecule has 3 N–H and O–H groups in total. The number of nitrogens with zero attached hydrogens (tertiary/aromatic N) is 3. The molecule has 0 atom stereocenters. The number of phenols is 1. The van der Waals surface area contributed by atoms with Crippen LogP contribution in [0, 0.1) is 13.8 Å². The number of benzene rings is 1. The van der Waals surface area contributed by atoms with Crippen LogP contribution in [-0.2, 0) is 0 Å². The lowest BCUT2D eigenvalue weighted by atomic mass is 10.2. The van der Waals surface area contributed by atoms with Crippen LogP contribution in [-0.4, -0.2) is 39.1 Å². The normalized spacial score (nSPS) is 10.4. The molecular formula is C20H21N5O2. The lowest BCUT2D eigenvalue weighted by molar-refractivity contribution is 0.0955. The van der Waals surface area contributed by atoms with Gasteiger partial charge >= 0.3 is 0 Å². The van der Waals surface area contributed by atoms with Crippen LogP contribution in [0.2, 0.25) is 0 Å². The number of nitrogens with one attached hydrogen (secondary N) is 2. The summed E-state index contributed by atoms with van der Waals surface area (Å²) in [6.07, 6.45) is 1.71. The molecule has 0 spiro atoms. The summed E-state index contributed by atoms with van der Waals surface area (Å²) in [7, 11) is 0. The topological polar surface area (TPSA) is 100 Å². The highest BCUT2D eigenvalue weighted by molar-refractivity contribution is 5.94. The van der Waals surface area contributed by atoms with Crippen LogP contribution < -0.4 is 10.6 Å². The molecule has 7 nitrogen and oxygen atoms in total. The SMILES string of the molecule is Cc1nc(-c2ccccn2)nc(NCCNC(=O)c2ccc(O)cc2)c1C. The van der Waals surface area contributed by atoms with Crippen molar-refractivity contribution in [2.45, 2.75) is 13.8 Å². The van der Waals surface area contributed by atoms with Gasteiger partial charge in [0.1, 0.15) is 17.3 Å². The minimum Gasteiger partial charge on any atom is -0.508 e. The van der Waals surface area contributed by atoms with Gasteiger partial charge in [0.2, 0.25) is 0 Å². The molecule has 0 bridgehead atoms. The third-order valence-corrected chi connectivity index (χ3v) is 4.12. The van der Waals surface area contributed by atoms with Crippen molar-refractivity contribution in [3.05, 3.63) is 65.5 Å². The van der Waals surface area contributed by atoms with Crippen molar-refractivity contribution < 1.29 is 9.90 Å². The number of carbonyl (C=O) groups is 1. The van der Waals surface area contributed by atoms with Crippen LogP contribution in [0.4, 0.5) is 5.82 Å². The Morgan fingerprint density at radius 1 is 1.04 bits per heavy atom. The van der Waals surface area contributed by atoms with E-state index in [0.717, 1.165) is 17.1 Å². The summed E-state index contributed by atoms with van der Waals surface area (Å²) in [5, 5.41) is 15.4. The first-order chi connectivity index (χ1) is 13.0. The highest BCUT2D eigenvalue weighted by Gasteiger charge is 2.10. The van der Waals surface area contributed by atoms with Crippen molar-refractivity contribution in [2.24, 2.45) is 0 Å². The average molecular weight is 363 g/mol. The van der Waals surface area contributed by atoms with Crippen LogP contribution in [0.15, 0.2) is 48.7 Å². The number of carbonyl (C=O) groups excluding carboxylic acids is 1. The highest BCUT2D eigenvalue weighted by Crippen LogP contribution is 2.19. The van der Waals surface area contributed by atoms with Crippen molar-refractivity contribution in [2.75, 3.05) is 18.4 Å². The number of hydrogen-bond acceptors (Lipinski definition) is 6. The fourth-order valence-corrected chi connectivity index (χ4v) is 2.48. The molecule has 2 aromatic heterocycles. The van der Waals surface area contributed by atoms with Crippen LogP contribution >= 0.6 is 0 Å². The molecule has 3 aromatic rings. The number of amides is 1. The highest BCUT2D eigenvalue weighted by atomic mass is 16.3. The molecule has 27 heavy (non-hydrogen) atoms. The summed E-state index contributed by atoms with van der Waals surface area (Å²) in [5.41, 5.74) is 3.05. The molecule has 0 aliphatic carbocycles. The molecule has 7 heteroatoms. The summed E-state index contributed by atoms with van der Waals surface area (Å²) in [6, 6.07) is 11.7. The first-order valence-corrected chi connectivity index (χ1v) is 8.62. The van der Waals surface area contributed by atoms with Crippen molar-refractivity contribution in [1.29, 1.82) is 0 Å². The quantitative estimate of drug-likeness (QED) is 0.582. The predicted molar refractivity (Wildman–Crippen MR) is 104 cm³/mol. The minimum absolute atomic E-state index is 0.131. The first-order valence-electron chi connectivity index (χ1n) is 8.62. The van der Waals surface area contributed by atoms with E-state index in [-0.39, 0.29) is 11.7 Å². The number of rotatable bonds is 6. The third-order valence-electron chi connectivity index (χ3n) is 4.12. The summed E-state index contributed by atoms with van der Waals surface area (Å²) in [6.45, 7) is 4.83. The molecule has 0 unspecified atom stereocenters. The van der Waals surface area contributed by atoms with Gasteiger partial charge in [-0.3, -0.25) is 9.78 Å². The molecule has 138 valence electrons. The summed E-state index contributed by atoms with van der Waals surface area (Å²) < 4.78 is 0. The smallest absolute Gasteiger partial charge is 0.251 e. The van der Waals surface area contributed by atoms with E-state index in [1.807, 2.05) is 32.0 Å². The van der Waals surface area contributed by atoms with E-state index >= 15 is 0 Å². The number of hydrogen-bond donors (Lipinski definition) is 3. The number of aromatic hydroxyl groups is 1. The fraction of sp³-hybridized carbons (Fsp3) is 0.200. The Balaban J connectivity index is 1.61. The van der Waals surface area contributed by atoms with E-state index in [2.05, 4.69) is 25.6 Å². The van der Waals surface area contributed by atoms with Gasteiger partial charge in [-0.15, -0.1) is 0 Å². The molecule has 0 saturated carbocycles. The van der Waals surface area contributed by atoms with Gasteiger partial charge in [0.25, 0.3) is 5.91 Å². The van der Waals surface area contributed by atoms with Crippen LogP contribution in [0.1, 0.15) is 21.6 Å². The number of phenolic OH excluding ortho intramolecular Hbond substituents is 1. The van der Waals surface area contributed by atoms with Crippen molar-refractivity contribution in [3.8, 4) is 17.3 Å². The Hall–Kier alpha value is -3.48. The predicted octanol–water partition coefficient (Wildman–Crippen LogP) is 2.70. The lowest BCUT2D eigenvalue weighted by Gasteiger charge is -2.12. The maximum Gasteiger partial charge on any atom is 0.251 e. The number of aromatic nitrogens is 3. The number of pyridine rings is 1. The summed E-state index contributed by atoms with van der Waals surface area (Å²) in [5.74, 6) is 1.23. The zero-order valence-corrected chi connectivity index (χ0v) is 15.2. The molecule has 0 saturated heterocycles. The fourth-order valence-electron chi connectivity index (χ4n) is 2.48. The largest absolute Gasteiger partial charge is 0.508 e. The molecule has 0 radical (unpaired) electrons. The van der Waals surface area contributed by atoms with E-state index in [0.29, 0.717) is 30.2 Å². The Kier molecular flexibility index (Phi) is 5.61. The van der Waals surface area contributed by atoms with E-state index in [4.69, 9.17) is 0 Å². The van der Waals surface area contributed by atoms with Crippen LogP contribution in [0.5, 0.6) is 5.75 Å². The van der Waals surface area contributed by atoms with Gasteiger partial charge in [0.05, 0.1) is 0 Å². The van der Waals surface area contributed by atoms with Crippen molar-refractivity contribution in [1.82, 2.24) is 20.3 Å². The van der Waals surface area contributed by atoms with Crippen LogP contribution in [0.3, 0.4) is 0 Å². The van der Waals surface area contributed by atoms with E-state index < -0.39 is 0 Å². The summed E-state index contributed by atoms with van der Waals surface area (Å²) in [4.78, 5) is 25.4. The first kappa shape index (κ1) is 18.3. The molecule has 0 fully saturated rings. The second-order valence-electron chi connectivity index (χ2n) is 6.05. The standard InChI is InChI=1S/C20H21N5O2/c1-13-14(2)24-19(17-5-3-4-10-21-17)25-18(13)22-11-12-23-20(27)15-6-8-16(26)9-7-15/h3-10,26H,11-12H2,1-2H3,(H,23,27)(H,22,24,25). The van der Waals surface area contributed by atoms with Gasteiger partial charge in [-0.1, -0.05) is 6.07 Å². The van der Waals surface area contributed by atoms with E-state index in [1.54, 1.807) is 18.3 Å². The second kappa shape index (κ2) is 8.27. The molecule has 0 aliphatic rings. The van der Waals surface area contributed by atoms with E-state index in [1.165, 1.54) is 12.1 Å². The zero-order chi connectivity index (χ0) is 19.2. The summed E-state index contributed by atoms with van der Waals surface area (Å²) >= 11 is 0. The monoisotopic (exact) mass is 363 g/mol. The molecule has 1 amide bonds. The maximum atomic E-state index is 12.1. The Morgan fingerprint density at radius 2 is 1.81 bits per heavy atom. The zero-order valence-electron chi connectivity index (χ0n) is 15.2. The molecule has 3 rings (SSSR count). The van der Waals surface area contributed by atoms with Crippen LogP contribution in [0.25, 0.3) is 11.5 Å². The van der Waals surface area contributed by atoms with Gasteiger partial charge < -0.3 is 15.7 Å². The molecule has 1 aromatic carbocycles. The van der Waals surface area contributed by atoms with Crippen molar-refractivity contribution >= 4 is 11.7 Å². The molecule has 0 aliphatic heterocycles. The van der Waals surface area contributed by atoms with E-state index in [9.17, 15) is 9.90 Å². The average Bonchev–Trinajstić information content (AvgIpc) is 2.69. The van der Waals surface area contributed by atoms with Crippen molar-refractivity contribution in [3.63, 3.8) is 0 Å². The second-order valence-corrected chi connectivity index (χ2v) is 6.05. The van der Waals surface area contributed by atoms with Gasteiger partial charge in [-0.2, -0.15) is 0 Å². The Labute approximate surface area is 157 Å².